The smallest absolute Gasteiger partial charge is 0.399 e. The molecule has 1 aliphatic heterocycles. The van der Waals surface area contributed by atoms with Crippen molar-refractivity contribution in [2.75, 3.05) is 0 Å². The van der Waals surface area contributed by atoms with Gasteiger partial charge in [0.15, 0.2) is 8.46 Å². The van der Waals surface area contributed by atoms with Gasteiger partial charge in [-0.05, 0) is 64.2 Å². The van der Waals surface area contributed by atoms with Crippen molar-refractivity contribution in [2.24, 2.45) is 0 Å². The van der Waals surface area contributed by atoms with Crippen molar-refractivity contribution in [1.82, 2.24) is 0 Å². The third-order valence-corrected chi connectivity index (χ3v) is 5.09. The predicted octanol–water partition coefficient (Wildman–Crippen LogP) is 2.52. The van der Waals surface area contributed by atoms with E-state index in [4.69, 9.17) is 9.31 Å². The van der Waals surface area contributed by atoms with Gasteiger partial charge in [0.05, 0.1) is 11.2 Å². The summed E-state index contributed by atoms with van der Waals surface area (Å²) in [7, 11) is -0.307. The van der Waals surface area contributed by atoms with E-state index in [0.29, 0.717) is 0 Å². The van der Waals surface area contributed by atoms with E-state index in [1.807, 2.05) is 53.7 Å². The van der Waals surface area contributed by atoms with Crippen molar-refractivity contribution in [3.63, 3.8) is 0 Å². The predicted molar refractivity (Wildman–Crippen MR) is 78.9 cm³/mol. The lowest BCUT2D eigenvalue weighted by Gasteiger charge is -2.32. The van der Waals surface area contributed by atoms with Crippen LogP contribution < -0.4 is 10.8 Å². The third-order valence-electron chi connectivity index (χ3n) is 4.41. The molecular weight excluding hydrogens is 258 g/mol. The Labute approximate surface area is 117 Å². The van der Waals surface area contributed by atoms with Gasteiger partial charge in [-0.25, -0.2) is 0 Å². The van der Waals surface area contributed by atoms with Gasteiger partial charge in [0.25, 0.3) is 0 Å². The molecule has 2 rings (SSSR count). The molecule has 0 atom stereocenters. The van der Waals surface area contributed by atoms with Gasteiger partial charge in [-0.1, -0.05) is 6.07 Å². The summed E-state index contributed by atoms with van der Waals surface area (Å²) in [5, 5.41) is 0.817. The molecular formula is C14H20BO3P. The molecule has 0 saturated carbocycles. The first-order chi connectivity index (χ1) is 8.69. The molecule has 0 bridgehead atoms. The highest BCUT2D eigenvalue weighted by Crippen LogP contribution is 2.36. The van der Waals surface area contributed by atoms with Crippen molar-refractivity contribution >= 4 is 26.3 Å². The van der Waals surface area contributed by atoms with E-state index in [-0.39, 0.29) is 26.8 Å². The fourth-order valence-corrected chi connectivity index (χ4v) is 2.59. The maximum Gasteiger partial charge on any atom is 0.495 e. The molecule has 1 heterocycles. The highest BCUT2D eigenvalue weighted by Gasteiger charge is 2.52. The zero-order chi connectivity index (χ0) is 14.4. The van der Waals surface area contributed by atoms with Crippen LogP contribution in [-0.2, 0) is 13.9 Å². The largest absolute Gasteiger partial charge is 0.495 e. The van der Waals surface area contributed by atoms with Gasteiger partial charge in [0.1, 0.15) is 0 Å². The van der Waals surface area contributed by atoms with Gasteiger partial charge in [-0.15, -0.1) is 0 Å². The van der Waals surface area contributed by atoms with Crippen molar-refractivity contribution < 1.29 is 13.9 Å². The van der Waals surface area contributed by atoms with Gasteiger partial charge in [-0.3, -0.25) is 4.57 Å². The maximum absolute atomic E-state index is 11.1. The lowest BCUT2D eigenvalue weighted by Crippen LogP contribution is -2.41. The molecule has 0 aromatic heterocycles. The highest BCUT2D eigenvalue weighted by atomic mass is 31.1. The van der Waals surface area contributed by atoms with Crippen molar-refractivity contribution in [3.05, 3.63) is 23.3 Å². The summed E-state index contributed by atoms with van der Waals surface area (Å²) >= 11 is 0. The Hall–Kier alpha value is -0.695. The Morgan fingerprint density at radius 2 is 1.53 bits per heavy atom. The van der Waals surface area contributed by atoms with Crippen LogP contribution in [0.15, 0.2) is 12.1 Å². The normalized spacial score (nSPS) is 21.1. The van der Waals surface area contributed by atoms with E-state index in [1.54, 1.807) is 0 Å². The lowest BCUT2D eigenvalue weighted by molar-refractivity contribution is 0.00578. The fourth-order valence-electron chi connectivity index (χ4n) is 2.15. The Morgan fingerprint density at radius 1 is 1.00 bits per heavy atom. The Kier molecular flexibility index (Phi) is 3.63. The molecule has 1 aliphatic rings. The van der Waals surface area contributed by atoms with Gasteiger partial charge in [-0.2, -0.15) is 0 Å². The summed E-state index contributed by atoms with van der Waals surface area (Å²) in [6, 6.07) is 3.82. The minimum absolute atomic E-state index is 0.0535. The second kappa shape index (κ2) is 4.69. The highest BCUT2D eigenvalue weighted by molar-refractivity contribution is 7.34. The van der Waals surface area contributed by atoms with Crippen LogP contribution in [-0.4, -0.2) is 18.3 Å². The van der Waals surface area contributed by atoms with E-state index in [2.05, 4.69) is 0 Å². The first kappa shape index (κ1) is 14.7. The fraction of sp³-hybridized carbons (Fsp3) is 0.571. The molecule has 3 nitrogen and oxygen atoms in total. The summed E-state index contributed by atoms with van der Waals surface area (Å²) in [6.45, 7) is 12.2. The summed E-state index contributed by atoms with van der Waals surface area (Å²) in [4.78, 5) is 0. The standard InChI is InChI=1S/C14H20BO3P/c1-9-10(2)12(19-16)8-7-11(9)15-17-13(3,4)14(5,6)18-15/h7-8H,1-6H3. The molecule has 1 saturated heterocycles. The minimum atomic E-state index is -0.360. The van der Waals surface area contributed by atoms with Gasteiger partial charge in [0, 0.05) is 5.30 Å². The van der Waals surface area contributed by atoms with Crippen LogP contribution in [0, 0.1) is 13.8 Å². The van der Waals surface area contributed by atoms with E-state index >= 15 is 0 Å². The van der Waals surface area contributed by atoms with E-state index < -0.39 is 0 Å². The zero-order valence-corrected chi connectivity index (χ0v) is 13.3. The molecule has 1 fully saturated rings. The van der Waals surface area contributed by atoms with Crippen LogP contribution in [0.25, 0.3) is 0 Å². The van der Waals surface area contributed by atoms with Crippen molar-refractivity contribution in [3.8, 4) is 0 Å². The Balaban J connectivity index is 2.41. The molecule has 0 spiro atoms. The van der Waals surface area contributed by atoms with Crippen LogP contribution in [0.2, 0.25) is 0 Å². The molecule has 0 amide bonds. The zero-order valence-electron chi connectivity index (χ0n) is 12.4. The summed E-state index contributed by atoms with van der Waals surface area (Å²) < 4.78 is 23.2. The molecule has 1 aromatic carbocycles. The van der Waals surface area contributed by atoms with Crippen molar-refractivity contribution in [2.45, 2.75) is 52.7 Å². The number of benzene rings is 1. The summed E-state index contributed by atoms with van der Waals surface area (Å²) in [6.07, 6.45) is 0. The number of hydrogen-bond donors (Lipinski definition) is 0. The van der Waals surface area contributed by atoms with Crippen LogP contribution in [0.3, 0.4) is 0 Å². The minimum Gasteiger partial charge on any atom is -0.399 e. The Bertz CT molecular complexity index is 510. The molecule has 5 heteroatoms. The molecule has 19 heavy (non-hydrogen) atoms. The monoisotopic (exact) mass is 278 g/mol. The third kappa shape index (κ3) is 2.38. The maximum atomic E-state index is 11.1. The SMILES string of the molecule is Cc1c(P=O)ccc(B2OC(C)(C)C(C)(C)O2)c1C. The van der Waals surface area contributed by atoms with Crippen molar-refractivity contribution in [1.29, 1.82) is 0 Å². The average molecular weight is 278 g/mol. The molecule has 0 unspecified atom stereocenters. The average Bonchev–Trinajstić information content (AvgIpc) is 2.51. The van der Waals surface area contributed by atoms with E-state index in [0.717, 1.165) is 21.9 Å². The van der Waals surface area contributed by atoms with Gasteiger partial charge < -0.3 is 9.31 Å². The molecule has 0 aliphatic carbocycles. The van der Waals surface area contributed by atoms with Gasteiger partial charge >= 0.3 is 7.12 Å². The topological polar surface area (TPSA) is 35.5 Å². The number of hydrogen-bond acceptors (Lipinski definition) is 3. The van der Waals surface area contributed by atoms with Crippen LogP contribution in [0.4, 0.5) is 0 Å². The first-order valence-corrected chi connectivity index (χ1v) is 7.30. The quantitative estimate of drug-likeness (QED) is 0.616. The molecule has 1 aromatic rings. The molecule has 0 N–H and O–H groups in total. The summed E-state index contributed by atoms with van der Waals surface area (Å²) in [5.41, 5.74) is 2.45. The van der Waals surface area contributed by atoms with Gasteiger partial charge in [0.2, 0.25) is 0 Å². The second-order valence-electron chi connectivity index (χ2n) is 6.10. The van der Waals surface area contributed by atoms with Crippen LogP contribution >= 0.6 is 8.46 Å². The molecule has 0 radical (unpaired) electrons. The second-order valence-corrected chi connectivity index (χ2v) is 6.77. The Morgan fingerprint density at radius 3 is 2.00 bits per heavy atom. The van der Waals surface area contributed by atoms with E-state index in [9.17, 15) is 4.57 Å². The van der Waals surface area contributed by atoms with Crippen LogP contribution in [0.1, 0.15) is 38.8 Å². The summed E-state index contributed by atoms with van der Waals surface area (Å²) in [5.74, 6) is 0. The van der Waals surface area contributed by atoms with Crippen LogP contribution in [0.5, 0.6) is 0 Å². The first-order valence-electron chi connectivity index (χ1n) is 6.49. The van der Waals surface area contributed by atoms with E-state index in [1.165, 1.54) is 0 Å². The number of rotatable bonds is 2. The molecule has 102 valence electrons. The lowest BCUT2D eigenvalue weighted by atomic mass is 9.75.